The summed E-state index contributed by atoms with van der Waals surface area (Å²) in [5.41, 5.74) is 2.06. The maximum absolute atomic E-state index is 12.4. The molecule has 3 nitrogen and oxygen atoms in total. The molecule has 3 aromatic rings. The van der Waals surface area contributed by atoms with Gasteiger partial charge in [-0.3, -0.25) is 10.1 Å². The summed E-state index contributed by atoms with van der Waals surface area (Å²) in [6.07, 6.45) is 1.81. The lowest BCUT2D eigenvalue weighted by molar-refractivity contribution is 0.102. The molecule has 0 bridgehead atoms. The Morgan fingerprint density at radius 2 is 1.88 bits per heavy atom. The molecule has 0 saturated heterocycles. The van der Waals surface area contributed by atoms with Crippen molar-refractivity contribution in [3.63, 3.8) is 0 Å². The van der Waals surface area contributed by atoms with E-state index in [1.165, 1.54) is 11.3 Å². The highest BCUT2D eigenvalue weighted by Crippen LogP contribution is 2.37. The van der Waals surface area contributed by atoms with E-state index < -0.39 is 0 Å². The molecule has 2 aromatic carbocycles. The molecule has 1 N–H and O–H groups in total. The van der Waals surface area contributed by atoms with E-state index in [1.54, 1.807) is 36.4 Å². The zero-order valence-corrected chi connectivity index (χ0v) is 16.9. The van der Waals surface area contributed by atoms with Crippen LogP contribution in [0.2, 0.25) is 15.1 Å². The Morgan fingerprint density at radius 1 is 1.12 bits per heavy atom. The number of nitrogens with one attached hydrogen (secondary N) is 1. The van der Waals surface area contributed by atoms with Crippen LogP contribution in [-0.2, 0) is 6.42 Å². The first-order chi connectivity index (χ1) is 12.5. The number of carbonyl (C=O) groups excluding carboxylic acids is 1. The standard InChI is InChI=1S/C19H15Cl3N2OS/c1-2-4-16-17(14-8-7-13(21)10-15(14)22)23-19(26-16)24-18(25)11-5-3-6-12(20)9-11/h3,5-10H,2,4H2,1H3,(H,23,24,25). The van der Waals surface area contributed by atoms with Gasteiger partial charge in [0.1, 0.15) is 0 Å². The van der Waals surface area contributed by atoms with Gasteiger partial charge in [0.05, 0.1) is 10.7 Å². The fourth-order valence-electron chi connectivity index (χ4n) is 2.49. The van der Waals surface area contributed by atoms with E-state index in [0.29, 0.717) is 25.8 Å². The summed E-state index contributed by atoms with van der Waals surface area (Å²) < 4.78 is 0. The highest BCUT2D eigenvalue weighted by Gasteiger charge is 2.17. The fourth-order valence-corrected chi connectivity index (χ4v) is 4.25. The van der Waals surface area contributed by atoms with E-state index >= 15 is 0 Å². The van der Waals surface area contributed by atoms with Crippen molar-refractivity contribution in [2.75, 3.05) is 5.32 Å². The topological polar surface area (TPSA) is 42.0 Å². The molecule has 7 heteroatoms. The molecule has 0 aliphatic heterocycles. The second-order valence-corrected chi connectivity index (χ2v) is 7.99. The summed E-state index contributed by atoms with van der Waals surface area (Å²) in [7, 11) is 0. The Balaban J connectivity index is 1.93. The van der Waals surface area contributed by atoms with Crippen LogP contribution in [-0.4, -0.2) is 10.9 Å². The number of hydrogen-bond acceptors (Lipinski definition) is 3. The molecule has 0 saturated carbocycles. The number of benzene rings is 2. The normalized spacial score (nSPS) is 10.8. The summed E-state index contributed by atoms with van der Waals surface area (Å²) >= 11 is 19.7. The molecule has 1 aromatic heterocycles. The van der Waals surface area contributed by atoms with Crippen LogP contribution in [0.15, 0.2) is 42.5 Å². The molecule has 134 valence electrons. The number of carbonyl (C=O) groups is 1. The van der Waals surface area contributed by atoms with Crippen LogP contribution >= 0.6 is 46.1 Å². The molecule has 1 amide bonds. The summed E-state index contributed by atoms with van der Waals surface area (Å²) in [6, 6.07) is 12.1. The predicted molar refractivity (Wildman–Crippen MR) is 111 cm³/mol. The summed E-state index contributed by atoms with van der Waals surface area (Å²) in [4.78, 5) is 18.1. The minimum Gasteiger partial charge on any atom is -0.298 e. The zero-order valence-electron chi connectivity index (χ0n) is 13.9. The van der Waals surface area contributed by atoms with Gasteiger partial charge in [-0.2, -0.15) is 0 Å². The van der Waals surface area contributed by atoms with Crippen LogP contribution in [0.1, 0.15) is 28.6 Å². The Hall–Kier alpha value is -1.59. The van der Waals surface area contributed by atoms with Gasteiger partial charge in [-0.25, -0.2) is 4.98 Å². The molecule has 26 heavy (non-hydrogen) atoms. The van der Waals surface area contributed by atoms with E-state index in [1.807, 2.05) is 6.07 Å². The third-order valence-corrected chi connectivity index (χ3v) is 5.48. The number of anilines is 1. The molecular weight excluding hydrogens is 411 g/mol. The maximum atomic E-state index is 12.4. The van der Waals surface area contributed by atoms with Gasteiger partial charge in [0.2, 0.25) is 0 Å². The van der Waals surface area contributed by atoms with E-state index in [-0.39, 0.29) is 5.91 Å². The van der Waals surface area contributed by atoms with Crippen molar-refractivity contribution in [3.05, 3.63) is 68.0 Å². The number of aryl methyl sites for hydroxylation is 1. The third kappa shape index (κ3) is 4.38. The number of nitrogens with zero attached hydrogens (tertiary/aromatic N) is 1. The van der Waals surface area contributed by atoms with Crippen LogP contribution in [0.4, 0.5) is 5.13 Å². The van der Waals surface area contributed by atoms with Gasteiger partial charge in [0.15, 0.2) is 5.13 Å². The van der Waals surface area contributed by atoms with Crippen LogP contribution in [0.25, 0.3) is 11.3 Å². The maximum Gasteiger partial charge on any atom is 0.257 e. The SMILES string of the molecule is CCCc1sc(NC(=O)c2cccc(Cl)c2)nc1-c1ccc(Cl)cc1Cl. The molecule has 0 radical (unpaired) electrons. The lowest BCUT2D eigenvalue weighted by Crippen LogP contribution is -2.11. The van der Waals surface area contributed by atoms with Gasteiger partial charge >= 0.3 is 0 Å². The third-order valence-electron chi connectivity index (χ3n) is 3.67. The number of thiazole rings is 1. The lowest BCUT2D eigenvalue weighted by Gasteiger charge is -2.04. The first-order valence-corrected chi connectivity index (χ1v) is 9.95. The Bertz CT molecular complexity index is 956. The van der Waals surface area contributed by atoms with Crippen molar-refractivity contribution in [2.45, 2.75) is 19.8 Å². The summed E-state index contributed by atoms with van der Waals surface area (Å²) in [5, 5.41) is 4.99. The number of aromatic nitrogens is 1. The van der Waals surface area contributed by atoms with Gasteiger partial charge in [0.25, 0.3) is 5.91 Å². The lowest BCUT2D eigenvalue weighted by atomic mass is 10.1. The summed E-state index contributed by atoms with van der Waals surface area (Å²) in [6.45, 7) is 2.09. The quantitative estimate of drug-likeness (QED) is 0.479. The van der Waals surface area contributed by atoms with Crippen molar-refractivity contribution in [1.82, 2.24) is 4.98 Å². The Kier molecular flexibility index (Phi) is 6.20. The molecule has 0 aliphatic rings. The first kappa shape index (κ1) is 19.2. The average Bonchev–Trinajstić information content (AvgIpc) is 2.97. The van der Waals surface area contributed by atoms with Gasteiger partial charge in [-0.05, 0) is 42.8 Å². The fraction of sp³-hybridized carbons (Fsp3) is 0.158. The molecule has 0 fully saturated rings. The van der Waals surface area contributed by atoms with Gasteiger partial charge in [-0.15, -0.1) is 11.3 Å². The van der Waals surface area contributed by atoms with E-state index in [2.05, 4.69) is 17.2 Å². The Morgan fingerprint density at radius 3 is 2.58 bits per heavy atom. The molecule has 0 aliphatic carbocycles. The van der Waals surface area contributed by atoms with Crippen LogP contribution in [0, 0.1) is 0 Å². The predicted octanol–water partition coefficient (Wildman–Crippen LogP) is 6.98. The largest absolute Gasteiger partial charge is 0.298 e. The van der Waals surface area contributed by atoms with Crippen molar-refractivity contribution >= 4 is 57.2 Å². The van der Waals surface area contributed by atoms with Crippen LogP contribution in [0.3, 0.4) is 0 Å². The van der Waals surface area contributed by atoms with Gasteiger partial charge in [0, 0.05) is 26.0 Å². The number of hydrogen-bond donors (Lipinski definition) is 1. The Labute approximate surface area is 170 Å². The monoisotopic (exact) mass is 424 g/mol. The molecule has 3 rings (SSSR count). The van der Waals surface area contributed by atoms with Crippen molar-refractivity contribution in [3.8, 4) is 11.3 Å². The second-order valence-electron chi connectivity index (χ2n) is 5.63. The number of halogens is 3. The highest BCUT2D eigenvalue weighted by atomic mass is 35.5. The second kappa shape index (κ2) is 8.40. The number of rotatable bonds is 5. The van der Waals surface area contributed by atoms with E-state index in [9.17, 15) is 4.79 Å². The van der Waals surface area contributed by atoms with Crippen LogP contribution in [0.5, 0.6) is 0 Å². The molecular formula is C19H15Cl3N2OS. The van der Waals surface area contributed by atoms with Crippen molar-refractivity contribution < 1.29 is 4.79 Å². The number of amides is 1. The van der Waals surface area contributed by atoms with E-state index in [0.717, 1.165) is 29.0 Å². The van der Waals surface area contributed by atoms with Gasteiger partial charge < -0.3 is 0 Å². The zero-order chi connectivity index (χ0) is 18.7. The van der Waals surface area contributed by atoms with Crippen molar-refractivity contribution in [1.29, 1.82) is 0 Å². The minimum atomic E-state index is -0.252. The van der Waals surface area contributed by atoms with E-state index in [4.69, 9.17) is 34.8 Å². The average molecular weight is 426 g/mol. The molecule has 0 atom stereocenters. The molecule has 1 heterocycles. The van der Waals surface area contributed by atoms with Crippen LogP contribution < -0.4 is 5.32 Å². The highest BCUT2D eigenvalue weighted by molar-refractivity contribution is 7.16. The smallest absolute Gasteiger partial charge is 0.257 e. The first-order valence-electron chi connectivity index (χ1n) is 8.00. The van der Waals surface area contributed by atoms with Gasteiger partial charge in [-0.1, -0.05) is 54.2 Å². The molecule has 0 unspecified atom stereocenters. The summed E-state index contributed by atoms with van der Waals surface area (Å²) in [5.74, 6) is -0.252. The minimum absolute atomic E-state index is 0.252. The molecule has 0 spiro atoms. The van der Waals surface area contributed by atoms with Crippen molar-refractivity contribution in [2.24, 2.45) is 0 Å².